The molecule has 0 unspecified atom stereocenters. The molecule has 0 N–H and O–H groups in total. The van der Waals surface area contributed by atoms with Crippen LogP contribution in [-0.2, 0) is 4.79 Å². The van der Waals surface area contributed by atoms with E-state index in [0.29, 0.717) is 11.5 Å². The van der Waals surface area contributed by atoms with Gasteiger partial charge in [-0.2, -0.15) is 13.2 Å². The van der Waals surface area contributed by atoms with Crippen LogP contribution in [0.1, 0.15) is 50.2 Å². The zero-order valence-corrected chi connectivity index (χ0v) is 17.4. The molecule has 3 nitrogen and oxygen atoms in total. The summed E-state index contributed by atoms with van der Waals surface area (Å²) in [6.07, 6.45) is 1.12. The summed E-state index contributed by atoms with van der Waals surface area (Å²) in [5.41, 5.74) is 1.50. The highest BCUT2D eigenvalue weighted by Gasteiger charge is 2.26. The molecule has 0 saturated carbocycles. The largest absolute Gasteiger partial charge is 0.494 e. The standard InChI is InChI=1S/C25H25F3O3/c1-2-3-4-5-7-24(29)31-23-16-12-21(13-17-23)9-8-20-10-14-22(15-11-20)30-19-6-18-25(26,27)28/h5,7,10-17H,2-4,6,18-19H2,1H3. The Kier molecular flexibility index (Phi) is 9.70. The van der Waals surface area contributed by atoms with Gasteiger partial charge in [-0.15, -0.1) is 0 Å². The Hall–Kier alpha value is -3.20. The minimum atomic E-state index is -4.16. The normalized spacial score (nSPS) is 11.1. The van der Waals surface area contributed by atoms with Gasteiger partial charge in [-0.05, 0) is 61.4 Å². The Morgan fingerprint density at radius 2 is 1.52 bits per heavy atom. The molecule has 0 fully saturated rings. The van der Waals surface area contributed by atoms with Gasteiger partial charge in [0.05, 0.1) is 6.61 Å². The second-order valence-electron chi connectivity index (χ2n) is 6.83. The van der Waals surface area contributed by atoms with Gasteiger partial charge in [-0.3, -0.25) is 0 Å². The second kappa shape index (κ2) is 12.5. The number of benzene rings is 2. The molecule has 164 valence electrons. The summed E-state index contributed by atoms with van der Waals surface area (Å²) in [7, 11) is 0. The summed E-state index contributed by atoms with van der Waals surface area (Å²) in [5.74, 6) is 6.55. The van der Waals surface area contributed by atoms with Crippen molar-refractivity contribution in [3.05, 3.63) is 71.8 Å². The lowest BCUT2D eigenvalue weighted by molar-refractivity contribution is -0.136. The SMILES string of the molecule is CCCCC=CC(=O)Oc1ccc(C#Cc2ccc(OCCCC(F)(F)F)cc2)cc1. The van der Waals surface area contributed by atoms with Crippen molar-refractivity contribution in [1.82, 2.24) is 0 Å². The number of unbranched alkanes of at least 4 members (excludes halogenated alkanes) is 2. The number of carbonyl (C=O) groups is 1. The predicted molar refractivity (Wildman–Crippen MR) is 114 cm³/mol. The van der Waals surface area contributed by atoms with Crippen molar-refractivity contribution in [2.75, 3.05) is 6.61 Å². The van der Waals surface area contributed by atoms with Crippen LogP contribution in [0.2, 0.25) is 0 Å². The van der Waals surface area contributed by atoms with E-state index < -0.39 is 18.6 Å². The molecule has 0 aliphatic carbocycles. The molecule has 2 rings (SSSR count). The van der Waals surface area contributed by atoms with Crippen LogP contribution >= 0.6 is 0 Å². The number of hydrogen-bond donors (Lipinski definition) is 0. The summed E-state index contributed by atoms with van der Waals surface area (Å²) >= 11 is 0. The first-order valence-electron chi connectivity index (χ1n) is 10.2. The lowest BCUT2D eigenvalue weighted by atomic mass is 10.2. The molecule has 6 heteroatoms. The zero-order valence-electron chi connectivity index (χ0n) is 17.4. The average Bonchev–Trinajstić information content (AvgIpc) is 2.74. The fraction of sp³-hybridized carbons (Fsp3) is 0.320. The highest BCUT2D eigenvalue weighted by Crippen LogP contribution is 2.21. The first-order valence-corrected chi connectivity index (χ1v) is 10.2. The van der Waals surface area contributed by atoms with Crippen molar-refractivity contribution in [3.63, 3.8) is 0 Å². The highest BCUT2D eigenvalue weighted by atomic mass is 19.4. The Labute approximate surface area is 180 Å². The summed E-state index contributed by atoms with van der Waals surface area (Å²) < 4.78 is 46.9. The molecule has 0 atom stereocenters. The van der Waals surface area contributed by atoms with Gasteiger partial charge in [0.1, 0.15) is 11.5 Å². The zero-order chi connectivity index (χ0) is 22.5. The van der Waals surface area contributed by atoms with E-state index in [9.17, 15) is 18.0 Å². The van der Waals surface area contributed by atoms with E-state index in [1.807, 2.05) is 6.08 Å². The van der Waals surface area contributed by atoms with Gasteiger partial charge in [-0.25, -0.2) is 4.79 Å². The molecule has 0 spiro atoms. The van der Waals surface area contributed by atoms with Crippen LogP contribution in [0, 0.1) is 11.8 Å². The van der Waals surface area contributed by atoms with Gasteiger partial charge in [0.15, 0.2) is 0 Å². The van der Waals surface area contributed by atoms with Crippen LogP contribution in [0.15, 0.2) is 60.7 Å². The first-order chi connectivity index (χ1) is 14.9. The Bertz CT molecular complexity index is 902. The molecule has 0 aliphatic rings. The average molecular weight is 430 g/mol. The van der Waals surface area contributed by atoms with E-state index in [4.69, 9.17) is 9.47 Å². The number of halogens is 3. The molecule has 0 aliphatic heterocycles. The number of rotatable bonds is 9. The number of hydrogen-bond acceptors (Lipinski definition) is 3. The lowest BCUT2D eigenvalue weighted by Gasteiger charge is -2.08. The molecule has 2 aromatic carbocycles. The maximum atomic E-state index is 12.1. The number of carbonyl (C=O) groups excluding carboxylic acids is 1. The molecule has 2 aromatic rings. The second-order valence-corrected chi connectivity index (χ2v) is 6.83. The smallest absolute Gasteiger partial charge is 0.389 e. The minimum Gasteiger partial charge on any atom is -0.494 e. The van der Waals surface area contributed by atoms with Crippen molar-refractivity contribution in [2.45, 2.75) is 45.2 Å². The molecule has 0 aromatic heterocycles. The van der Waals surface area contributed by atoms with Crippen molar-refractivity contribution >= 4 is 5.97 Å². The lowest BCUT2D eigenvalue weighted by Crippen LogP contribution is -2.09. The highest BCUT2D eigenvalue weighted by molar-refractivity contribution is 5.83. The molecule has 0 radical (unpaired) electrons. The van der Waals surface area contributed by atoms with Crippen LogP contribution < -0.4 is 9.47 Å². The summed E-state index contributed by atoms with van der Waals surface area (Å²) in [4.78, 5) is 11.7. The molecule has 0 bridgehead atoms. The van der Waals surface area contributed by atoms with Gasteiger partial charge >= 0.3 is 12.1 Å². The molecule has 0 heterocycles. The van der Waals surface area contributed by atoms with Gasteiger partial charge in [0.25, 0.3) is 0 Å². The van der Waals surface area contributed by atoms with E-state index in [1.54, 1.807) is 48.5 Å². The van der Waals surface area contributed by atoms with Crippen LogP contribution in [0.5, 0.6) is 11.5 Å². The van der Waals surface area contributed by atoms with Gasteiger partial charge in [0.2, 0.25) is 0 Å². The third kappa shape index (κ3) is 10.4. The Morgan fingerprint density at radius 3 is 2.06 bits per heavy atom. The van der Waals surface area contributed by atoms with E-state index >= 15 is 0 Å². The van der Waals surface area contributed by atoms with E-state index in [0.717, 1.165) is 30.4 Å². The third-order valence-corrected chi connectivity index (χ3v) is 4.13. The first kappa shape index (κ1) is 24.1. The molecule has 0 saturated heterocycles. The molecule has 31 heavy (non-hydrogen) atoms. The van der Waals surface area contributed by atoms with E-state index in [2.05, 4.69) is 18.8 Å². The summed E-state index contributed by atoms with van der Waals surface area (Å²) in [6, 6.07) is 13.7. The fourth-order valence-electron chi connectivity index (χ4n) is 2.50. The summed E-state index contributed by atoms with van der Waals surface area (Å²) in [6.45, 7) is 2.10. The predicted octanol–water partition coefficient (Wildman–Crippen LogP) is 6.46. The van der Waals surface area contributed by atoms with Gasteiger partial charge in [-0.1, -0.05) is 37.7 Å². The fourth-order valence-corrected chi connectivity index (χ4v) is 2.50. The van der Waals surface area contributed by atoms with Crippen LogP contribution in [0.4, 0.5) is 13.2 Å². The van der Waals surface area contributed by atoms with Crippen LogP contribution in [-0.4, -0.2) is 18.8 Å². The molecule has 0 amide bonds. The van der Waals surface area contributed by atoms with Crippen LogP contribution in [0.3, 0.4) is 0 Å². The Balaban J connectivity index is 1.82. The number of ether oxygens (including phenoxy) is 2. The van der Waals surface area contributed by atoms with Gasteiger partial charge in [0, 0.05) is 23.6 Å². The monoisotopic (exact) mass is 430 g/mol. The third-order valence-electron chi connectivity index (χ3n) is 4.13. The van der Waals surface area contributed by atoms with Crippen molar-refractivity contribution in [2.24, 2.45) is 0 Å². The molecular weight excluding hydrogens is 405 g/mol. The Morgan fingerprint density at radius 1 is 0.935 bits per heavy atom. The number of alkyl halides is 3. The quantitative estimate of drug-likeness (QED) is 0.151. The van der Waals surface area contributed by atoms with Crippen molar-refractivity contribution in [3.8, 4) is 23.3 Å². The van der Waals surface area contributed by atoms with E-state index in [-0.39, 0.29) is 13.0 Å². The van der Waals surface area contributed by atoms with Crippen molar-refractivity contribution < 1.29 is 27.4 Å². The topological polar surface area (TPSA) is 35.5 Å². The van der Waals surface area contributed by atoms with E-state index in [1.165, 1.54) is 6.08 Å². The van der Waals surface area contributed by atoms with Crippen molar-refractivity contribution in [1.29, 1.82) is 0 Å². The number of allylic oxidation sites excluding steroid dienone is 1. The minimum absolute atomic E-state index is 0.00991. The summed E-state index contributed by atoms with van der Waals surface area (Å²) in [5, 5.41) is 0. The molecular formula is C25H25F3O3. The maximum Gasteiger partial charge on any atom is 0.389 e. The maximum absolute atomic E-state index is 12.1. The van der Waals surface area contributed by atoms with Crippen LogP contribution in [0.25, 0.3) is 0 Å². The number of esters is 1. The van der Waals surface area contributed by atoms with Gasteiger partial charge < -0.3 is 9.47 Å².